The molecule has 2 rings (SSSR count). The van der Waals surface area contributed by atoms with E-state index < -0.39 is 26.3 Å². The van der Waals surface area contributed by atoms with Crippen molar-refractivity contribution < 1.29 is 22.9 Å². The highest BCUT2D eigenvalue weighted by molar-refractivity contribution is 7.93. The van der Waals surface area contributed by atoms with Crippen molar-refractivity contribution in [3.8, 4) is 0 Å². The third-order valence-corrected chi connectivity index (χ3v) is 5.90. The van der Waals surface area contributed by atoms with Gasteiger partial charge in [0, 0.05) is 6.07 Å². The van der Waals surface area contributed by atoms with Crippen molar-refractivity contribution in [2.75, 3.05) is 11.3 Å². The highest BCUT2D eigenvalue weighted by Crippen LogP contribution is 2.31. The fourth-order valence-corrected chi connectivity index (χ4v) is 4.30. The van der Waals surface area contributed by atoms with Crippen LogP contribution in [0, 0.1) is 16.0 Å². The number of ether oxygens (including phenoxy) is 1. The Bertz CT molecular complexity index is 713. The first-order valence-electron chi connectivity index (χ1n) is 7.47. The Morgan fingerprint density at radius 3 is 2.50 bits per heavy atom. The number of amides is 1. The molecular weight excluding hydrogens is 338 g/mol. The number of sulfonamides is 1. The van der Waals surface area contributed by atoms with Crippen LogP contribution in [0.2, 0.25) is 0 Å². The minimum Gasteiger partial charge on any atom is -0.449 e. The van der Waals surface area contributed by atoms with Crippen molar-refractivity contribution in [1.82, 2.24) is 0 Å². The summed E-state index contributed by atoms with van der Waals surface area (Å²) in [7, 11) is -3.73. The summed E-state index contributed by atoms with van der Waals surface area (Å²) >= 11 is 0. The Morgan fingerprint density at radius 2 is 1.92 bits per heavy atom. The molecule has 0 aliphatic heterocycles. The van der Waals surface area contributed by atoms with E-state index in [4.69, 9.17) is 10.5 Å². The Kier molecular flexibility index (Phi) is 5.60. The summed E-state index contributed by atoms with van der Waals surface area (Å²) in [5, 5.41) is 10.3. The van der Waals surface area contributed by atoms with Crippen molar-refractivity contribution in [3.05, 3.63) is 34.4 Å². The fraction of sp³-hybridized carbons (Fsp3) is 0.500. The lowest BCUT2D eigenvalue weighted by atomic mass is 9.89. The zero-order valence-electron chi connectivity index (χ0n) is 12.9. The number of nitro groups is 1. The van der Waals surface area contributed by atoms with Crippen LogP contribution < -0.4 is 10.5 Å². The number of hydrogen-bond donors (Lipinski definition) is 2. The van der Waals surface area contributed by atoms with E-state index >= 15 is 0 Å². The average molecular weight is 357 g/mol. The number of nitrogens with one attached hydrogen (secondary N) is 1. The highest BCUT2D eigenvalue weighted by Gasteiger charge is 2.32. The number of carbonyl (C=O) groups is 1. The number of primary amides is 1. The first-order chi connectivity index (χ1) is 11.3. The topological polar surface area (TPSA) is 142 Å². The van der Waals surface area contributed by atoms with Gasteiger partial charge in [0.05, 0.1) is 16.8 Å². The van der Waals surface area contributed by atoms with Gasteiger partial charge in [-0.3, -0.25) is 14.8 Å². The molecule has 0 bridgehead atoms. The van der Waals surface area contributed by atoms with Crippen LogP contribution in [0.15, 0.2) is 24.3 Å². The number of para-hydroxylation sites is 2. The molecule has 24 heavy (non-hydrogen) atoms. The number of benzene rings is 1. The van der Waals surface area contributed by atoms with Gasteiger partial charge in [0.25, 0.3) is 5.69 Å². The van der Waals surface area contributed by atoms with Gasteiger partial charge in [0.1, 0.15) is 5.69 Å². The molecule has 1 aliphatic carbocycles. The summed E-state index contributed by atoms with van der Waals surface area (Å²) < 4.78 is 32.0. The molecule has 0 atom stereocenters. The summed E-state index contributed by atoms with van der Waals surface area (Å²) in [6, 6.07) is 5.61. The van der Waals surface area contributed by atoms with Crippen molar-refractivity contribution in [3.63, 3.8) is 0 Å². The Hall–Kier alpha value is -2.36. The molecule has 132 valence electrons. The van der Waals surface area contributed by atoms with E-state index in [1.54, 1.807) is 0 Å². The van der Waals surface area contributed by atoms with E-state index in [0.29, 0.717) is 25.7 Å². The molecule has 1 aromatic rings. The van der Waals surface area contributed by atoms with Crippen LogP contribution in [0.1, 0.15) is 25.7 Å². The van der Waals surface area contributed by atoms with Gasteiger partial charge in [-0.15, -0.1) is 0 Å². The van der Waals surface area contributed by atoms with E-state index in [2.05, 4.69) is 4.72 Å². The number of rotatable bonds is 6. The van der Waals surface area contributed by atoms with Crippen LogP contribution in [0.25, 0.3) is 0 Å². The SMILES string of the molecule is NC(=O)OCC1CCC(S(=O)(=O)Nc2ccccc2[N+](=O)[O-])CC1. The van der Waals surface area contributed by atoms with Gasteiger partial charge in [0.2, 0.25) is 10.0 Å². The molecule has 0 unspecified atom stereocenters. The second-order valence-corrected chi connectivity index (χ2v) is 7.65. The molecule has 1 fully saturated rings. The van der Waals surface area contributed by atoms with Gasteiger partial charge in [-0.05, 0) is 37.7 Å². The van der Waals surface area contributed by atoms with Crippen LogP contribution in [0.5, 0.6) is 0 Å². The highest BCUT2D eigenvalue weighted by atomic mass is 32.2. The molecule has 9 nitrogen and oxygen atoms in total. The average Bonchev–Trinajstić information content (AvgIpc) is 2.53. The van der Waals surface area contributed by atoms with Crippen LogP contribution in [0.4, 0.5) is 16.2 Å². The van der Waals surface area contributed by atoms with E-state index in [1.807, 2.05) is 0 Å². The van der Waals surface area contributed by atoms with Crippen LogP contribution >= 0.6 is 0 Å². The Balaban J connectivity index is 2.00. The first kappa shape index (κ1) is 18.0. The lowest BCUT2D eigenvalue weighted by Crippen LogP contribution is -2.33. The standard InChI is InChI=1S/C14H19N3O6S/c15-14(18)23-9-10-5-7-11(8-6-10)24(21,22)16-12-3-1-2-4-13(12)17(19)20/h1-4,10-11,16H,5-9H2,(H2,15,18). The number of hydrogen-bond acceptors (Lipinski definition) is 6. The van der Waals surface area contributed by atoms with Gasteiger partial charge in [0.15, 0.2) is 0 Å². The molecule has 3 N–H and O–H groups in total. The first-order valence-corrected chi connectivity index (χ1v) is 9.01. The number of nitrogens with two attached hydrogens (primary N) is 1. The lowest BCUT2D eigenvalue weighted by molar-refractivity contribution is -0.383. The van der Waals surface area contributed by atoms with E-state index in [1.165, 1.54) is 24.3 Å². The van der Waals surface area contributed by atoms with E-state index in [-0.39, 0.29) is 23.9 Å². The second-order valence-electron chi connectivity index (χ2n) is 5.69. The van der Waals surface area contributed by atoms with Crippen molar-refractivity contribution >= 4 is 27.5 Å². The second kappa shape index (κ2) is 7.47. The minimum absolute atomic E-state index is 0.0401. The largest absolute Gasteiger partial charge is 0.449 e. The summed E-state index contributed by atoms with van der Waals surface area (Å²) in [5.74, 6) is 0.0787. The molecule has 0 radical (unpaired) electrons. The number of carbonyl (C=O) groups excluding carboxylic acids is 1. The molecule has 1 saturated carbocycles. The van der Waals surface area contributed by atoms with Crippen LogP contribution in [-0.4, -0.2) is 31.3 Å². The summed E-state index contributed by atoms with van der Waals surface area (Å²) in [4.78, 5) is 20.9. The summed E-state index contributed by atoms with van der Waals surface area (Å²) in [6.07, 6.45) is 1.10. The van der Waals surface area contributed by atoms with Crippen LogP contribution in [-0.2, 0) is 14.8 Å². The quantitative estimate of drug-likeness (QED) is 0.589. The van der Waals surface area contributed by atoms with Gasteiger partial charge in [-0.25, -0.2) is 13.2 Å². The van der Waals surface area contributed by atoms with Crippen LogP contribution in [0.3, 0.4) is 0 Å². The van der Waals surface area contributed by atoms with Crippen molar-refractivity contribution in [2.45, 2.75) is 30.9 Å². The number of nitro benzene ring substituents is 1. The van der Waals surface area contributed by atoms with E-state index in [9.17, 15) is 23.3 Å². The number of anilines is 1. The molecular formula is C14H19N3O6S. The molecule has 10 heteroatoms. The molecule has 1 aliphatic rings. The maximum Gasteiger partial charge on any atom is 0.404 e. The summed E-state index contributed by atoms with van der Waals surface area (Å²) in [5.41, 5.74) is 4.58. The Morgan fingerprint density at radius 1 is 1.29 bits per heavy atom. The van der Waals surface area contributed by atoms with Gasteiger partial charge in [-0.1, -0.05) is 12.1 Å². The minimum atomic E-state index is -3.73. The van der Waals surface area contributed by atoms with Crippen molar-refractivity contribution in [2.24, 2.45) is 11.7 Å². The number of nitrogens with zero attached hydrogens (tertiary/aromatic N) is 1. The van der Waals surface area contributed by atoms with E-state index in [0.717, 1.165) is 0 Å². The molecule has 1 aromatic carbocycles. The molecule has 0 heterocycles. The predicted molar refractivity (Wildman–Crippen MR) is 86.9 cm³/mol. The fourth-order valence-electron chi connectivity index (χ4n) is 2.76. The molecule has 0 saturated heterocycles. The third-order valence-electron chi connectivity index (χ3n) is 4.05. The van der Waals surface area contributed by atoms with Gasteiger partial charge >= 0.3 is 6.09 Å². The maximum absolute atomic E-state index is 12.5. The normalized spacial score (nSPS) is 21.0. The molecule has 0 aromatic heterocycles. The predicted octanol–water partition coefficient (Wildman–Crippen LogP) is 1.99. The Labute approximate surface area is 139 Å². The molecule has 0 spiro atoms. The smallest absolute Gasteiger partial charge is 0.404 e. The van der Waals surface area contributed by atoms with Gasteiger partial charge in [-0.2, -0.15) is 0 Å². The zero-order chi connectivity index (χ0) is 17.7. The van der Waals surface area contributed by atoms with Crippen molar-refractivity contribution in [1.29, 1.82) is 0 Å². The zero-order valence-corrected chi connectivity index (χ0v) is 13.7. The monoisotopic (exact) mass is 357 g/mol. The summed E-state index contributed by atoms with van der Waals surface area (Å²) in [6.45, 7) is 0.180. The maximum atomic E-state index is 12.5. The lowest BCUT2D eigenvalue weighted by Gasteiger charge is -2.28. The third kappa shape index (κ3) is 4.57. The van der Waals surface area contributed by atoms with Gasteiger partial charge < -0.3 is 10.5 Å². The molecule has 1 amide bonds.